The lowest BCUT2D eigenvalue weighted by molar-refractivity contribution is -0.144. The Morgan fingerprint density at radius 1 is 1.14 bits per heavy atom. The summed E-state index contributed by atoms with van der Waals surface area (Å²) in [7, 11) is -2.25. The molecule has 154 valence electrons. The molecule has 0 aliphatic carbocycles. The number of nitrogens with one attached hydrogen (secondary N) is 1. The number of nitrogens with two attached hydrogens (primary N) is 1. The van der Waals surface area contributed by atoms with Gasteiger partial charge in [0.2, 0.25) is 10.0 Å². The number of rotatable bonds is 8. The number of ether oxygens (including phenoxy) is 2. The predicted octanol–water partition coefficient (Wildman–Crippen LogP) is 1.78. The van der Waals surface area contributed by atoms with Gasteiger partial charge in [-0.3, -0.25) is 4.79 Å². The Morgan fingerprint density at radius 3 is 2.41 bits per heavy atom. The third kappa shape index (κ3) is 6.74. The molecule has 0 spiro atoms. The Kier molecular flexibility index (Phi) is 7.52. The van der Waals surface area contributed by atoms with Gasteiger partial charge in [-0.1, -0.05) is 30.3 Å². The fraction of sp³-hybridized carbons (Fsp3) is 0.200. The lowest BCUT2D eigenvalue weighted by Gasteiger charge is -2.14. The van der Waals surface area contributed by atoms with E-state index < -0.39 is 34.5 Å². The smallest absolute Gasteiger partial charge is 0.331 e. The maximum absolute atomic E-state index is 12.0. The topological polar surface area (TPSA) is 125 Å². The van der Waals surface area contributed by atoms with Crippen LogP contribution in [0.2, 0.25) is 0 Å². The van der Waals surface area contributed by atoms with Gasteiger partial charge < -0.3 is 14.8 Å². The molecule has 0 aliphatic rings. The van der Waals surface area contributed by atoms with E-state index in [0.29, 0.717) is 16.9 Å². The molecule has 2 aromatic carbocycles. The molecule has 0 saturated heterocycles. The molecule has 0 aromatic heterocycles. The monoisotopic (exact) mass is 418 g/mol. The second-order valence-corrected chi connectivity index (χ2v) is 7.65. The Bertz CT molecular complexity index is 1000. The number of hydrogen-bond donors (Lipinski definition) is 2. The van der Waals surface area contributed by atoms with Gasteiger partial charge in [-0.05, 0) is 36.8 Å². The number of hydrogen-bond acceptors (Lipinski definition) is 6. The zero-order valence-corrected chi connectivity index (χ0v) is 16.8. The van der Waals surface area contributed by atoms with E-state index in [1.165, 1.54) is 31.4 Å². The van der Waals surface area contributed by atoms with Crippen molar-refractivity contribution in [3.63, 3.8) is 0 Å². The molecular formula is C20H22N2O6S. The number of amides is 1. The highest BCUT2D eigenvalue weighted by atomic mass is 32.2. The molecule has 8 nitrogen and oxygen atoms in total. The molecule has 0 fully saturated rings. The van der Waals surface area contributed by atoms with Gasteiger partial charge >= 0.3 is 5.97 Å². The molecule has 0 aliphatic heterocycles. The minimum Gasteiger partial charge on any atom is -0.496 e. The van der Waals surface area contributed by atoms with Crippen molar-refractivity contribution in [2.75, 3.05) is 13.7 Å². The number of benzene rings is 2. The number of esters is 1. The van der Waals surface area contributed by atoms with E-state index in [1.54, 1.807) is 37.3 Å². The van der Waals surface area contributed by atoms with E-state index in [-0.39, 0.29) is 4.90 Å². The first-order valence-electron chi connectivity index (χ1n) is 8.60. The Balaban J connectivity index is 1.85. The average molecular weight is 418 g/mol. The summed E-state index contributed by atoms with van der Waals surface area (Å²) in [6, 6.07) is 12.5. The lowest BCUT2D eigenvalue weighted by Crippen LogP contribution is -2.30. The second-order valence-electron chi connectivity index (χ2n) is 6.09. The highest BCUT2D eigenvalue weighted by Gasteiger charge is 2.13. The second kappa shape index (κ2) is 9.85. The zero-order valence-electron chi connectivity index (χ0n) is 16.0. The lowest BCUT2D eigenvalue weighted by atomic mass is 10.1. The van der Waals surface area contributed by atoms with Gasteiger partial charge in [-0.2, -0.15) is 0 Å². The SMILES string of the molecule is COc1ccccc1/C=C/C(=O)OCC(=O)N[C@H](C)c1ccc(S(N)(=O)=O)cc1. The zero-order chi connectivity index (χ0) is 21.4. The molecule has 0 saturated carbocycles. The van der Waals surface area contributed by atoms with Crippen LogP contribution in [0.15, 0.2) is 59.5 Å². The highest BCUT2D eigenvalue weighted by Crippen LogP contribution is 2.18. The molecule has 0 heterocycles. The Morgan fingerprint density at radius 2 is 1.79 bits per heavy atom. The molecule has 1 amide bonds. The van der Waals surface area contributed by atoms with Crippen LogP contribution in [-0.4, -0.2) is 34.0 Å². The van der Waals surface area contributed by atoms with Gasteiger partial charge in [-0.15, -0.1) is 0 Å². The summed E-state index contributed by atoms with van der Waals surface area (Å²) in [5, 5.41) is 7.71. The quantitative estimate of drug-likeness (QED) is 0.497. The summed E-state index contributed by atoms with van der Waals surface area (Å²) in [6.07, 6.45) is 2.75. The fourth-order valence-corrected chi connectivity index (χ4v) is 2.97. The molecular weight excluding hydrogens is 396 g/mol. The first-order chi connectivity index (χ1) is 13.7. The Labute approximate surface area is 169 Å². The summed E-state index contributed by atoms with van der Waals surface area (Å²) in [5.74, 6) is -0.556. The van der Waals surface area contributed by atoms with Crippen LogP contribution in [0.1, 0.15) is 24.1 Å². The largest absolute Gasteiger partial charge is 0.496 e. The van der Waals surface area contributed by atoms with Crippen molar-refractivity contribution in [2.24, 2.45) is 5.14 Å². The summed E-state index contributed by atoms with van der Waals surface area (Å²) < 4.78 is 32.6. The van der Waals surface area contributed by atoms with Gasteiger partial charge in [0, 0.05) is 11.6 Å². The van der Waals surface area contributed by atoms with Gasteiger partial charge in [-0.25, -0.2) is 18.4 Å². The van der Waals surface area contributed by atoms with Crippen LogP contribution in [0.4, 0.5) is 0 Å². The summed E-state index contributed by atoms with van der Waals surface area (Å²) in [4.78, 5) is 23.8. The summed E-state index contributed by atoms with van der Waals surface area (Å²) in [6.45, 7) is 1.27. The number of carbonyl (C=O) groups is 2. The summed E-state index contributed by atoms with van der Waals surface area (Å²) in [5.41, 5.74) is 1.38. The van der Waals surface area contributed by atoms with E-state index in [4.69, 9.17) is 14.6 Å². The number of methoxy groups -OCH3 is 1. The molecule has 29 heavy (non-hydrogen) atoms. The average Bonchev–Trinajstić information content (AvgIpc) is 2.70. The van der Waals surface area contributed by atoms with Crippen LogP contribution in [0.3, 0.4) is 0 Å². The van der Waals surface area contributed by atoms with Gasteiger partial charge in [0.1, 0.15) is 5.75 Å². The molecule has 1 atom stereocenters. The number of sulfonamides is 1. The predicted molar refractivity (Wildman–Crippen MR) is 107 cm³/mol. The number of primary sulfonamides is 1. The molecule has 3 N–H and O–H groups in total. The van der Waals surface area contributed by atoms with Gasteiger partial charge in [0.15, 0.2) is 6.61 Å². The minimum absolute atomic E-state index is 0.0180. The molecule has 9 heteroatoms. The van der Waals surface area contributed by atoms with Crippen LogP contribution in [-0.2, 0) is 24.3 Å². The van der Waals surface area contributed by atoms with Crippen molar-refractivity contribution in [1.82, 2.24) is 5.32 Å². The van der Waals surface area contributed by atoms with Crippen LogP contribution in [0.5, 0.6) is 5.75 Å². The maximum atomic E-state index is 12.0. The van der Waals surface area contributed by atoms with Crippen molar-refractivity contribution >= 4 is 28.0 Å². The number of carbonyl (C=O) groups excluding carboxylic acids is 2. The van der Waals surface area contributed by atoms with Crippen LogP contribution in [0.25, 0.3) is 6.08 Å². The van der Waals surface area contributed by atoms with Crippen LogP contribution >= 0.6 is 0 Å². The molecule has 2 rings (SSSR count). The first-order valence-corrected chi connectivity index (χ1v) is 10.2. The molecule has 0 unspecified atom stereocenters. The van der Waals surface area contributed by atoms with E-state index in [0.717, 1.165) is 0 Å². The molecule has 0 radical (unpaired) electrons. The van der Waals surface area contributed by atoms with Gasteiger partial charge in [0.05, 0.1) is 18.0 Å². The van der Waals surface area contributed by atoms with E-state index in [9.17, 15) is 18.0 Å². The standard InChI is InChI=1S/C20H22N2O6S/c1-14(15-7-10-17(11-8-15)29(21,25)26)22-19(23)13-28-20(24)12-9-16-5-3-4-6-18(16)27-2/h3-12,14H,13H2,1-2H3,(H,22,23)(H2,21,25,26)/b12-9+/t14-/m1/s1. The van der Waals surface area contributed by atoms with Crippen LogP contribution in [0, 0.1) is 0 Å². The summed E-state index contributed by atoms with van der Waals surface area (Å²) >= 11 is 0. The fourth-order valence-electron chi connectivity index (χ4n) is 2.46. The van der Waals surface area contributed by atoms with Crippen LogP contribution < -0.4 is 15.2 Å². The molecule has 2 aromatic rings. The van der Waals surface area contributed by atoms with Crippen molar-refractivity contribution in [3.05, 3.63) is 65.7 Å². The first kappa shape index (κ1) is 22.1. The number of para-hydroxylation sites is 1. The normalized spacial score (nSPS) is 12.4. The van der Waals surface area contributed by atoms with Crippen molar-refractivity contribution in [1.29, 1.82) is 0 Å². The van der Waals surface area contributed by atoms with Crippen molar-refractivity contribution < 1.29 is 27.5 Å². The van der Waals surface area contributed by atoms with E-state index >= 15 is 0 Å². The Hall–Kier alpha value is -3.17. The van der Waals surface area contributed by atoms with E-state index in [1.807, 2.05) is 6.07 Å². The maximum Gasteiger partial charge on any atom is 0.331 e. The van der Waals surface area contributed by atoms with Gasteiger partial charge in [0.25, 0.3) is 5.91 Å². The van der Waals surface area contributed by atoms with Crippen molar-refractivity contribution in [2.45, 2.75) is 17.9 Å². The van der Waals surface area contributed by atoms with Crippen molar-refractivity contribution in [3.8, 4) is 5.75 Å². The van der Waals surface area contributed by atoms with E-state index in [2.05, 4.69) is 5.32 Å². The minimum atomic E-state index is -3.78. The third-order valence-corrected chi connectivity index (χ3v) is 4.90. The highest BCUT2D eigenvalue weighted by molar-refractivity contribution is 7.89. The third-order valence-electron chi connectivity index (χ3n) is 3.97. The molecule has 0 bridgehead atoms.